The lowest BCUT2D eigenvalue weighted by molar-refractivity contribution is -0.135. The molecule has 0 saturated carbocycles. The van der Waals surface area contributed by atoms with E-state index in [-0.39, 0.29) is 4.90 Å². The van der Waals surface area contributed by atoms with Gasteiger partial charge >= 0.3 is 5.97 Å². The summed E-state index contributed by atoms with van der Waals surface area (Å²) >= 11 is 3.51. The van der Waals surface area contributed by atoms with E-state index in [1.807, 2.05) is 37.3 Å². The molecular weight excluding hydrogens is 516 g/mol. The molecule has 1 aliphatic heterocycles. The number of fused-ring (bicyclic) bond motifs is 1. The third-order valence-electron chi connectivity index (χ3n) is 6.06. The van der Waals surface area contributed by atoms with Crippen molar-refractivity contribution in [2.75, 3.05) is 22.3 Å². The van der Waals surface area contributed by atoms with Crippen molar-refractivity contribution in [1.29, 1.82) is 0 Å². The van der Waals surface area contributed by atoms with E-state index in [0.717, 1.165) is 37.7 Å². The predicted molar refractivity (Wildman–Crippen MR) is 138 cm³/mol. The number of hydrogen-bond donors (Lipinski definition) is 1. The number of anilines is 2. The number of rotatable bonds is 7. The van der Waals surface area contributed by atoms with Crippen LogP contribution in [0.5, 0.6) is 0 Å². The van der Waals surface area contributed by atoms with Crippen molar-refractivity contribution in [3.05, 3.63) is 86.9 Å². The van der Waals surface area contributed by atoms with E-state index in [4.69, 9.17) is 0 Å². The molecule has 178 valence electrons. The Labute approximate surface area is 209 Å². The Hall–Kier alpha value is -2.84. The van der Waals surface area contributed by atoms with E-state index in [2.05, 4.69) is 33.0 Å². The Kier molecular flexibility index (Phi) is 6.73. The summed E-state index contributed by atoms with van der Waals surface area (Å²) in [6, 6.07) is 17.2. The summed E-state index contributed by atoms with van der Waals surface area (Å²) in [4.78, 5) is 14.2. The molecule has 0 unspecified atom stereocenters. The molecule has 0 bridgehead atoms. The molecule has 0 amide bonds. The largest absolute Gasteiger partial charge is 0.480 e. The SMILES string of the molecule is Cc1cc(C)c(S(=O)(=O)N(CC(=O)O)c2cccc3c2CCN3Cc2cccc(Br)c2)c(C)c1. The minimum atomic E-state index is -4.10. The van der Waals surface area contributed by atoms with Crippen molar-refractivity contribution in [2.24, 2.45) is 0 Å². The van der Waals surface area contributed by atoms with Gasteiger partial charge in [-0.3, -0.25) is 9.10 Å². The minimum Gasteiger partial charge on any atom is -0.480 e. The van der Waals surface area contributed by atoms with Gasteiger partial charge in [0.05, 0.1) is 10.6 Å². The molecule has 4 rings (SSSR count). The molecule has 0 aliphatic carbocycles. The van der Waals surface area contributed by atoms with Gasteiger partial charge < -0.3 is 10.0 Å². The second-order valence-corrected chi connectivity index (χ2v) is 11.4. The molecule has 1 N–H and O–H groups in total. The molecule has 34 heavy (non-hydrogen) atoms. The predicted octanol–water partition coefficient (Wildman–Crippen LogP) is 5.22. The molecule has 3 aromatic rings. The Bertz CT molecular complexity index is 1350. The van der Waals surface area contributed by atoms with E-state index in [1.165, 1.54) is 0 Å². The van der Waals surface area contributed by atoms with Crippen LogP contribution in [0.25, 0.3) is 0 Å². The lowest BCUT2D eigenvalue weighted by Crippen LogP contribution is -2.37. The Morgan fingerprint density at radius 2 is 1.74 bits per heavy atom. The number of carboxylic acid groups (broad SMARTS) is 1. The number of carbonyl (C=O) groups is 1. The van der Waals surface area contributed by atoms with E-state index in [0.29, 0.717) is 29.8 Å². The maximum absolute atomic E-state index is 13.9. The zero-order valence-corrected chi connectivity index (χ0v) is 21.8. The van der Waals surface area contributed by atoms with E-state index in [1.54, 1.807) is 26.0 Å². The zero-order valence-electron chi connectivity index (χ0n) is 19.4. The van der Waals surface area contributed by atoms with Gasteiger partial charge in [-0.1, -0.05) is 51.8 Å². The van der Waals surface area contributed by atoms with Gasteiger partial charge in [-0.2, -0.15) is 0 Å². The normalized spacial score (nSPS) is 13.1. The van der Waals surface area contributed by atoms with Crippen molar-refractivity contribution < 1.29 is 18.3 Å². The highest BCUT2D eigenvalue weighted by Crippen LogP contribution is 2.39. The highest BCUT2D eigenvalue weighted by Gasteiger charge is 2.33. The Balaban J connectivity index is 1.79. The molecule has 0 atom stereocenters. The molecule has 6 nitrogen and oxygen atoms in total. The number of hydrogen-bond acceptors (Lipinski definition) is 4. The van der Waals surface area contributed by atoms with Crippen LogP contribution in [0, 0.1) is 20.8 Å². The quantitative estimate of drug-likeness (QED) is 0.443. The summed E-state index contributed by atoms with van der Waals surface area (Å²) in [6.45, 7) is 6.18. The highest BCUT2D eigenvalue weighted by molar-refractivity contribution is 9.10. The van der Waals surface area contributed by atoms with Gasteiger partial charge in [-0.05, 0) is 68.1 Å². The fourth-order valence-electron chi connectivity index (χ4n) is 4.84. The number of sulfonamides is 1. The zero-order chi connectivity index (χ0) is 24.6. The van der Waals surface area contributed by atoms with Crippen LogP contribution in [-0.4, -0.2) is 32.6 Å². The standard InChI is InChI=1S/C26H27BrN2O4S/c1-17-12-18(2)26(19(3)13-17)34(32,33)29(16-25(30)31)24-9-5-8-23-22(24)10-11-28(23)15-20-6-4-7-21(27)14-20/h4-9,12-14H,10-11,15-16H2,1-3H3,(H,30,31). The molecule has 0 spiro atoms. The van der Waals surface area contributed by atoms with E-state index in [9.17, 15) is 18.3 Å². The van der Waals surface area contributed by atoms with Crippen LogP contribution < -0.4 is 9.21 Å². The Morgan fingerprint density at radius 3 is 2.38 bits per heavy atom. The Morgan fingerprint density at radius 1 is 1.06 bits per heavy atom. The van der Waals surface area contributed by atoms with Gasteiger partial charge in [0.1, 0.15) is 6.54 Å². The summed E-state index contributed by atoms with van der Waals surface area (Å²) in [5.74, 6) is -1.20. The molecule has 0 fully saturated rings. The van der Waals surface area contributed by atoms with Crippen LogP contribution in [0.1, 0.15) is 27.8 Å². The van der Waals surface area contributed by atoms with Crippen molar-refractivity contribution in [3.63, 3.8) is 0 Å². The van der Waals surface area contributed by atoms with Crippen LogP contribution in [-0.2, 0) is 27.8 Å². The summed E-state index contributed by atoms with van der Waals surface area (Å²) in [5, 5.41) is 9.64. The number of aryl methyl sites for hydroxylation is 3. The van der Waals surface area contributed by atoms with Crippen LogP contribution in [0.2, 0.25) is 0 Å². The van der Waals surface area contributed by atoms with Crippen LogP contribution in [0.3, 0.4) is 0 Å². The van der Waals surface area contributed by atoms with Gasteiger partial charge in [-0.25, -0.2) is 8.42 Å². The van der Waals surface area contributed by atoms with E-state index >= 15 is 0 Å². The molecule has 0 aromatic heterocycles. The summed E-state index contributed by atoms with van der Waals surface area (Å²) < 4.78 is 29.8. The van der Waals surface area contributed by atoms with Gasteiger partial charge in [0.2, 0.25) is 0 Å². The first-order valence-electron chi connectivity index (χ1n) is 11.0. The topological polar surface area (TPSA) is 77.9 Å². The van der Waals surface area contributed by atoms with Crippen LogP contribution in [0.4, 0.5) is 11.4 Å². The second kappa shape index (κ2) is 9.43. The van der Waals surface area contributed by atoms with Crippen LogP contribution in [0.15, 0.2) is 64.0 Å². The number of aliphatic carboxylic acids is 1. The maximum Gasteiger partial charge on any atom is 0.324 e. The molecule has 3 aromatic carbocycles. The smallest absolute Gasteiger partial charge is 0.324 e. The molecule has 1 heterocycles. The average molecular weight is 543 g/mol. The lowest BCUT2D eigenvalue weighted by Gasteiger charge is -2.27. The third-order valence-corrected chi connectivity index (χ3v) is 8.62. The van der Waals surface area contributed by atoms with Crippen LogP contribution >= 0.6 is 15.9 Å². The molecule has 0 radical (unpaired) electrons. The monoisotopic (exact) mass is 542 g/mol. The first-order chi connectivity index (χ1) is 16.1. The fraction of sp³-hybridized carbons (Fsp3) is 0.269. The van der Waals surface area contributed by atoms with Crippen molar-refractivity contribution in [2.45, 2.75) is 38.6 Å². The fourth-order valence-corrected chi connectivity index (χ4v) is 7.15. The second-order valence-electron chi connectivity index (χ2n) is 8.71. The van der Waals surface area contributed by atoms with Gasteiger partial charge in [-0.15, -0.1) is 0 Å². The summed E-state index contributed by atoms with van der Waals surface area (Å²) in [6.07, 6.45) is 0.636. The minimum absolute atomic E-state index is 0.168. The van der Waals surface area contributed by atoms with Gasteiger partial charge in [0, 0.05) is 28.8 Å². The first kappa shape index (κ1) is 24.3. The summed E-state index contributed by atoms with van der Waals surface area (Å²) in [5.41, 5.74) is 5.52. The number of benzene rings is 3. The van der Waals surface area contributed by atoms with Crippen molar-refractivity contribution >= 4 is 43.3 Å². The van der Waals surface area contributed by atoms with Gasteiger partial charge in [0.15, 0.2) is 0 Å². The maximum atomic E-state index is 13.9. The van der Waals surface area contributed by atoms with Crippen molar-refractivity contribution in [3.8, 4) is 0 Å². The number of halogens is 1. The van der Waals surface area contributed by atoms with Gasteiger partial charge in [0.25, 0.3) is 10.0 Å². The number of carboxylic acids is 1. The molecule has 8 heteroatoms. The van der Waals surface area contributed by atoms with Crippen molar-refractivity contribution in [1.82, 2.24) is 0 Å². The third kappa shape index (κ3) is 4.70. The highest BCUT2D eigenvalue weighted by atomic mass is 79.9. The lowest BCUT2D eigenvalue weighted by atomic mass is 10.1. The summed E-state index contributed by atoms with van der Waals surface area (Å²) in [7, 11) is -4.10. The molecular formula is C26H27BrN2O4S. The molecule has 0 saturated heterocycles. The van der Waals surface area contributed by atoms with E-state index < -0.39 is 22.5 Å². The molecule has 1 aliphatic rings. The first-order valence-corrected chi connectivity index (χ1v) is 13.2. The number of nitrogens with zero attached hydrogens (tertiary/aromatic N) is 2. The average Bonchev–Trinajstić information content (AvgIpc) is 3.14.